The van der Waals surface area contributed by atoms with Crippen molar-refractivity contribution in [2.75, 3.05) is 0 Å². The lowest BCUT2D eigenvalue weighted by molar-refractivity contribution is 0.0692. The van der Waals surface area contributed by atoms with Crippen LogP contribution < -0.4 is 4.74 Å². The zero-order valence-electron chi connectivity index (χ0n) is 10.4. The van der Waals surface area contributed by atoms with E-state index in [1.807, 2.05) is 31.2 Å². The molecule has 2 aromatic rings. The second-order valence-corrected chi connectivity index (χ2v) is 4.54. The Morgan fingerprint density at radius 2 is 1.95 bits per heavy atom. The SMILES string of the molecule is Cc1ccccc1COc1cccc(Cl)c1C(=O)O. The second-order valence-electron chi connectivity index (χ2n) is 4.13. The van der Waals surface area contributed by atoms with E-state index in [0.717, 1.165) is 11.1 Å². The fourth-order valence-electron chi connectivity index (χ4n) is 1.76. The van der Waals surface area contributed by atoms with Crippen LogP contribution in [0.3, 0.4) is 0 Å². The Kier molecular flexibility index (Phi) is 4.07. The standard InChI is InChI=1S/C15H13ClO3/c1-10-5-2-3-6-11(10)9-19-13-8-4-7-12(16)14(13)15(17)18/h2-8H,9H2,1H3,(H,17,18). The first-order valence-corrected chi connectivity index (χ1v) is 6.16. The van der Waals surface area contributed by atoms with Crippen molar-refractivity contribution in [3.63, 3.8) is 0 Å². The van der Waals surface area contributed by atoms with Crippen LogP contribution >= 0.6 is 11.6 Å². The van der Waals surface area contributed by atoms with Crippen molar-refractivity contribution in [1.29, 1.82) is 0 Å². The molecule has 0 aliphatic heterocycles. The molecule has 98 valence electrons. The average Bonchev–Trinajstić information content (AvgIpc) is 2.37. The molecule has 0 fully saturated rings. The summed E-state index contributed by atoms with van der Waals surface area (Å²) in [4.78, 5) is 11.2. The maximum atomic E-state index is 11.2. The van der Waals surface area contributed by atoms with E-state index in [2.05, 4.69) is 0 Å². The van der Waals surface area contributed by atoms with E-state index in [9.17, 15) is 4.79 Å². The Labute approximate surface area is 116 Å². The molecule has 0 aliphatic rings. The van der Waals surface area contributed by atoms with Gasteiger partial charge in [0.15, 0.2) is 0 Å². The number of carboxylic acid groups (broad SMARTS) is 1. The number of aromatic carboxylic acids is 1. The molecular formula is C15H13ClO3. The Morgan fingerprint density at radius 1 is 1.21 bits per heavy atom. The lowest BCUT2D eigenvalue weighted by atomic mass is 10.1. The molecule has 19 heavy (non-hydrogen) atoms. The van der Waals surface area contributed by atoms with Crippen LogP contribution in [0.15, 0.2) is 42.5 Å². The normalized spacial score (nSPS) is 10.2. The first-order valence-electron chi connectivity index (χ1n) is 5.78. The number of hydrogen-bond acceptors (Lipinski definition) is 2. The third-order valence-electron chi connectivity index (χ3n) is 2.83. The molecule has 0 saturated heterocycles. The average molecular weight is 277 g/mol. The van der Waals surface area contributed by atoms with E-state index >= 15 is 0 Å². The molecule has 0 spiro atoms. The maximum Gasteiger partial charge on any atom is 0.341 e. The van der Waals surface area contributed by atoms with Crippen molar-refractivity contribution in [2.24, 2.45) is 0 Å². The van der Waals surface area contributed by atoms with Gasteiger partial charge in [-0.15, -0.1) is 0 Å². The first kappa shape index (κ1) is 13.4. The summed E-state index contributed by atoms with van der Waals surface area (Å²) in [5.41, 5.74) is 2.11. The summed E-state index contributed by atoms with van der Waals surface area (Å²) in [7, 11) is 0. The summed E-state index contributed by atoms with van der Waals surface area (Å²) in [5, 5.41) is 9.31. The number of rotatable bonds is 4. The smallest absolute Gasteiger partial charge is 0.341 e. The molecule has 0 aromatic heterocycles. The lowest BCUT2D eigenvalue weighted by Gasteiger charge is -2.11. The molecule has 4 heteroatoms. The van der Waals surface area contributed by atoms with Crippen molar-refractivity contribution < 1.29 is 14.6 Å². The highest BCUT2D eigenvalue weighted by Gasteiger charge is 2.15. The Hall–Kier alpha value is -2.00. The van der Waals surface area contributed by atoms with Gasteiger partial charge in [0.25, 0.3) is 0 Å². The van der Waals surface area contributed by atoms with Gasteiger partial charge in [-0.25, -0.2) is 4.79 Å². The number of ether oxygens (including phenoxy) is 1. The number of carbonyl (C=O) groups is 1. The van der Waals surface area contributed by atoms with Crippen LogP contribution in [-0.4, -0.2) is 11.1 Å². The predicted molar refractivity (Wildman–Crippen MR) is 73.9 cm³/mol. The highest BCUT2D eigenvalue weighted by molar-refractivity contribution is 6.33. The summed E-state index contributed by atoms with van der Waals surface area (Å²) >= 11 is 5.88. The maximum absolute atomic E-state index is 11.2. The van der Waals surface area contributed by atoms with Crippen LogP contribution in [0.4, 0.5) is 0 Å². The van der Waals surface area contributed by atoms with E-state index in [0.29, 0.717) is 6.61 Å². The third kappa shape index (κ3) is 3.06. The number of aryl methyl sites for hydroxylation is 1. The highest BCUT2D eigenvalue weighted by Crippen LogP contribution is 2.27. The van der Waals surface area contributed by atoms with Gasteiger partial charge in [0.05, 0.1) is 5.02 Å². The summed E-state index contributed by atoms with van der Waals surface area (Å²) < 4.78 is 5.58. The van der Waals surface area contributed by atoms with Crippen LogP contribution in [0.2, 0.25) is 5.02 Å². The molecular weight excluding hydrogens is 264 g/mol. The van der Waals surface area contributed by atoms with Gasteiger partial charge in [-0.05, 0) is 30.2 Å². The Balaban J connectivity index is 2.23. The Morgan fingerprint density at radius 3 is 2.63 bits per heavy atom. The predicted octanol–water partition coefficient (Wildman–Crippen LogP) is 3.93. The molecule has 3 nitrogen and oxygen atoms in total. The minimum Gasteiger partial charge on any atom is -0.488 e. The molecule has 0 aliphatic carbocycles. The zero-order valence-corrected chi connectivity index (χ0v) is 11.1. The van der Waals surface area contributed by atoms with Crippen molar-refractivity contribution in [3.8, 4) is 5.75 Å². The van der Waals surface area contributed by atoms with Gasteiger partial charge >= 0.3 is 5.97 Å². The molecule has 0 saturated carbocycles. The second kappa shape index (κ2) is 5.76. The first-order chi connectivity index (χ1) is 9.09. The monoisotopic (exact) mass is 276 g/mol. The van der Waals surface area contributed by atoms with Crippen molar-refractivity contribution >= 4 is 17.6 Å². The van der Waals surface area contributed by atoms with E-state index in [1.165, 1.54) is 6.07 Å². The van der Waals surface area contributed by atoms with Crippen molar-refractivity contribution in [1.82, 2.24) is 0 Å². The molecule has 0 bridgehead atoms. The van der Waals surface area contributed by atoms with E-state index in [4.69, 9.17) is 21.4 Å². The van der Waals surface area contributed by atoms with Crippen LogP contribution in [0.25, 0.3) is 0 Å². The molecule has 1 N–H and O–H groups in total. The molecule has 0 unspecified atom stereocenters. The summed E-state index contributed by atoms with van der Waals surface area (Å²) in [5.74, 6) is -0.811. The van der Waals surface area contributed by atoms with Crippen LogP contribution in [0, 0.1) is 6.92 Å². The Bertz CT molecular complexity index is 608. The molecule has 0 amide bonds. The quantitative estimate of drug-likeness (QED) is 0.920. The number of benzene rings is 2. The summed E-state index contributed by atoms with van der Waals surface area (Å²) in [6, 6.07) is 12.6. The lowest BCUT2D eigenvalue weighted by Crippen LogP contribution is -2.04. The zero-order chi connectivity index (χ0) is 13.8. The van der Waals surface area contributed by atoms with Gasteiger partial charge in [-0.1, -0.05) is 41.9 Å². The topological polar surface area (TPSA) is 46.5 Å². The van der Waals surface area contributed by atoms with Crippen molar-refractivity contribution in [3.05, 3.63) is 64.2 Å². The van der Waals surface area contributed by atoms with Gasteiger partial charge in [0, 0.05) is 0 Å². The number of hydrogen-bond donors (Lipinski definition) is 1. The molecule has 2 aromatic carbocycles. The summed E-state index contributed by atoms with van der Waals surface area (Å²) in [6.07, 6.45) is 0. The van der Waals surface area contributed by atoms with Crippen LogP contribution in [-0.2, 0) is 6.61 Å². The van der Waals surface area contributed by atoms with Gasteiger partial charge in [-0.3, -0.25) is 0 Å². The van der Waals surface area contributed by atoms with Gasteiger partial charge in [0.2, 0.25) is 0 Å². The minimum absolute atomic E-state index is 0.00208. The molecule has 0 radical (unpaired) electrons. The van der Waals surface area contributed by atoms with Gasteiger partial charge in [-0.2, -0.15) is 0 Å². The van der Waals surface area contributed by atoms with E-state index in [-0.39, 0.29) is 16.3 Å². The van der Waals surface area contributed by atoms with Crippen molar-refractivity contribution in [2.45, 2.75) is 13.5 Å². The molecule has 2 rings (SSSR count). The fourth-order valence-corrected chi connectivity index (χ4v) is 2.01. The van der Waals surface area contributed by atoms with Crippen LogP contribution in [0.5, 0.6) is 5.75 Å². The molecule has 0 heterocycles. The number of carboxylic acids is 1. The largest absolute Gasteiger partial charge is 0.488 e. The third-order valence-corrected chi connectivity index (χ3v) is 3.15. The van der Waals surface area contributed by atoms with Gasteiger partial charge < -0.3 is 9.84 Å². The fraction of sp³-hybridized carbons (Fsp3) is 0.133. The summed E-state index contributed by atoms with van der Waals surface area (Å²) in [6.45, 7) is 2.29. The molecule has 0 atom stereocenters. The van der Waals surface area contributed by atoms with E-state index < -0.39 is 5.97 Å². The minimum atomic E-state index is -1.09. The van der Waals surface area contributed by atoms with Gasteiger partial charge in [0.1, 0.15) is 17.9 Å². The number of halogens is 1. The van der Waals surface area contributed by atoms with E-state index in [1.54, 1.807) is 12.1 Å². The van der Waals surface area contributed by atoms with Crippen LogP contribution in [0.1, 0.15) is 21.5 Å². The highest BCUT2D eigenvalue weighted by atomic mass is 35.5.